The van der Waals surface area contributed by atoms with E-state index in [-0.39, 0.29) is 0 Å². The fourth-order valence-electron chi connectivity index (χ4n) is 0.414. The number of halogens is 3. The second kappa shape index (κ2) is 3.76. The van der Waals surface area contributed by atoms with Gasteiger partial charge in [-0.25, -0.2) is 4.79 Å². The maximum atomic E-state index is 11.5. The lowest BCUT2D eigenvalue weighted by Crippen LogP contribution is -2.22. The van der Waals surface area contributed by atoms with Crippen molar-refractivity contribution in [3.05, 3.63) is 0 Å². The fourth-order valence-corrected chi connectivity index (χ4v) is 0.414. The molecule has 1 amide bonds. The van der Waals surface area contributed by atoms with Gasteiger partial charge in [-0.2, -0.15) is 18.2 Å². The molecular formula is C7H10F3NO2. The van der Waals surface area contributed by atoms with Crippen molar-refractivity contribution >= 4 is 12.3 Å². The van der Waals surface area contributed by atoms with Gasteiger partial charge in [-0.15, -0.1) is 0 Å². The Kier molecular flexibility index (Phi) is 3.45. The van der Waals surface area contributed by atoms with Gasteiger partial charge in [0.1, 0.15) is 11.8 Å². The first-order valence-electron chi connectivity index (χ1n) is 3.45. The number of carbonyl (C=O) groups is 1. The molecule has 0 unspecified atom stereocenters. The predicted octanol–water partition coefficient (Wildman–Crippen LogP) is 2.55. The van der Waals surface area contributed by atoms with Gasteiger partial charge in [-0.1, -0.05) is 0 Å². The van der Waals surface area contributed by atoms with Crippen LogP contribution in [0.2, 0.25) is 0 Å². The Morgan fingerprint density at radius 1 is 1.31 bits per heavy atom. The Balaban J connectivity index is 4.11. The first kappa shape index (κ1) is 11.9. The largest absolute Gasteiger partial charge is 0.442 e. The van der Waals surface area contributed by atoms with Crippen LogP contribution < -0.4 is 0 Å². The van der Waals surface area contributed by atoms with Crippen molar-refractivity contribution in [2.75, 3.05) is 0 Å². The van der Waals surface area contributed by atoms with Crippen molar-refractivity contribution in [1.82, 2.24) is 0 Å². The topological polar surface area (TPSA) is 38.7 Å². The molecule has 3 nitrogen and oxygen atoms in total. The van der Waals surface area contributed by atoms with Crippen molar-refractivity contribution in [2.24, 2.45) is 4.99 Å². The van der Waals surface area contributed by atoms with E-state index in [1.165, 1.54) is 20.8 Å². The molecule has 76 valence electrons. The highest BCUT2D eigenvalue weighted by molar-refractivity contribution is 5.81. The van der Waals surface area contributed by atoms with Crippen LogP contribution in [0.4, 0.5) is 18.0 Å². The monoisotopic (exact) mass is 197 g/mol. The minimum Gasteiger partial charge on any atom is -0.442 e. The predicted molar refractivity (Wildman–Crippen MR) is 40.8 cm³/mol. The molecule has 0 N–H and O–H groups in total. The number of aliphatic imine (C=N–C) groups is 1. The van der Waals surface area contributed by atoms with Crippen LogP contribution in [0.25, 0.3) is 0 Å². The average molecular weight is 197 g/mol. The Labute approximate surface area is 73.6 Å². The van der Waals surface area contributed by atoms with Crippen LogP contribution in [0.3, 0.4) is 0 Å². The van der Waals surface area contributed by atoms with E-state index in [0.717, 1.165) is 0 Å². The van der Waals surface area contributed by atoms with E-state index in [0.29, 0.717) is 0 Å². The molecule has 13 heavy (non-hydrogen) atoms. The van der Waals surface area contributed by atoms with Crippen molar-refractivity contribution in [3.8, 4) is 0 Å². The lowest BCUT2D eigenvalue weighted by Gasteiger charge is -2.17. The standard InChI is InChI=1S/C7H10F3NO2/c1-6(2,3)13-5(12)11-4-7(8,9)10/h4H,1-3H3. The van der Waals surface area contributed by atoms with Gasteiger partial charge in [0.25, 0.3) is 0 Å². The molecule has 0 rings (SSSR count). The molecule has 0 radical (unpaired) electrons. The van der Waals surface area contributed by atoms with Crippen molar-refractivity contribution < 1.29 is 22.7 Å². The minimum atomic E-state index is -4.59. The molecule has 0 aromatic heterocycles. The van der Waals surface area contributed by atoms with Crippen molar-refractivity contribution in [1.29, 1.82) is 0 Å². The zero-order chi connectivity index (χ0) is 10.7. The molecule has 0 aliphatic carbocycles. The number of ether oxygens (including phenoxy) is 1. The maximum absolute atomic E-state index is 11.5. The second-order valence-electron chi connectivity index (χ2n) is 3.28. The summed E-state index contributed by atoms with van der Waals surface area (Å²) in [5.41, 5.74) is -0.833. The molecule has 0 saturated carbocycles. The summed E-state index contributed by atoms with van der Waals surface area (Å²) in [7, 11) is 0. The molecule has 0 atom stereocenters. The quantitative estimate of drug-likeness (QED) is 0.560. The van der Waals surface area contributed by atoms with Crippen LogP contribution in [0.15, 0.2) is 4.99 Å². The van der Waals surface area contributed by atoms with Crippen molar-refractivity contribution in [3.63, 3.8) is 0 Å². The average Bonchev–Trinajstić information content (AvgIpc) is 1.78. The normalized spacial score (nSPS) is 13.4. The Bertz CT molecular complexity index is 215. The zero-order valence-electron chi connectivity index (χ0n) is 7.47. The molecule has 0 spiro atoms. The van der Waals surface area contributed by atoms with Crippen LogP contribution in [-0.2, 0) is 4.74 Å². The highest BCUT2D eigenvalue weighted by Crippen LogP contribution is 2.12. The molecule has 0 aliphatic rings. The molecule has 0 aliphatic heterocycles. The van der Waals surface area contributed by atoms with Gasteiger partial charge in [0.05, 0.1) is 0 Å². The van der Waals surface area contributed by atoms with Gasteiger partial charge in [-0.05, 0) is 20.8 Å². The molecule has 0 bridgehead atoms. The van der Waals surface area contributed by atoms with Gasteiger partial charge < -0.3 is 4.74 Å². The Morgan fingerprint density at radius 2 is 1.77 bits per heavy atom. The summed E-state index contributed by atoms with van der Waals surface area (Å²) in [4.78, 5) is 13.2. The number of carbonyl (C=O) groups excluding carboxylic acids is 1. The third kappa shape index (κ3) is 8.84. The van der Waals surface area contributed by atoms with E-state index >= 15 is 0 Å². The fraction of sp³-hybridized carbons (Fsp3) is 0.714. The first-order chi connectivity index (χ1) is 5.60. The van der Waals surface area contributed by atoms with Crippen molar-refractivity contribution in [2.45, 2.75) is 32.5 Å². The van der Waals surface area contributed by atoms with E-state index in [4.69, 9.17) is 0 Å². The van der Waals surface area contributed by atoms with E-state index in [1.807, 2.05) is 0 Å². The third-order valence-electron chi connectivity index (χ3n) is 0.710. The lowest BCUT2D eigenvalue weighted by atomic mass is 10.2. The molecule has 6 heteroatoms. The van der Waals surface area contributed by atoms with Crippen LogP contribution in [0.1, 0.15) is 20.8 Å². The smallest absolute Gasteiger partial charge is 0.434 e. The minimum absolute atomic E-state index is 0.402. The maximum Gasteiger partial charge on any atom is 0.434 e. The van der Waals surface area contributed by atoms with Gasteiger partial charge in [0, 0.05) is 0 Å². The summed E-state index contributed by atoms with van der Waals surface area (Å²) in [6.07, 6.45) is -6.23. The molecule has 0 aromatic carbocycles. The molecule has 0 aromatic rings. The molecule has 0 saturated heterocycles. The van der Waals surface area contributed by atoms with Gasteiger partial charge >= 0.3 is 12.3 Å². The summed E-state index contributed by atoms with van der Waals surface area (Å²) in [6.45, 7) is 4.61. The summed E-state index contributed by atoms with van der Waals surface area (Å²) in [5.74, 6) is 0. The van der Waals surface area contributed by atoms with Crippen LogP contribution in [-0.4, -0.2) is 24.1 Å². The molecule has 0 heterocycles. The highest BCUT2D eigenvalue weighted by atomic mass is 19.4. The van der Waals surface area contributed by atoms with E-state index in [9.17, 15) is 18.0 Å². The SMILES string of the molecule is CC(C)(C)OC(=O)N=CC(F)(F)F. The number of rotatable bonds is 0. The zero-order valence-corrected chi connectivity index (χ0v) is 7.47. The summed E-state index contributed by atoms with van der Waals surface area (Å²) < 4.78 is 39.0. The van der Waals surface area contributed by atoms with E-state index < -0.39 is 24.1 Å². The lowest BCUT2D eigenvalue weighted by molar-refractivity contribution is -0.0539. The summed E-state index contributed by atoms with van der Waals surface area (Å²) >= 11 is 0. The van der Waals surface area contributed by atoms with E-state index in [2.05, 4.69) is 9.73 Å². The van der Waals surface area contributed by atoms with Crippen LogP contribution in [0.5, 0.6) is 0 Å². The van der Waals surface area contributed by atoms with Crippen LogP contribution >= 0.6 is 0 Å². The Morgan fingerprint density at radius 3 is 2.08 bits per heavy atom. The second-order valence-corrected chi connectivity index (χ2v) is 3.28. The number of nitrogens with zero attached hydrogens (tertiary/aromatic N) is 1. The first-order valence-corrected chi connectivity index (χ1v) is 3.45. The number of alkyl halides is 3. The summed E-state index contributed by atoms with van der Waals surface area (Å²) in [6, 6.07) is 0. The molecule has 0 fully saturated rings. The van der Waals surface area contributed by atoms with Gasteiger partial charge in [0.2, 0.25) is 0 Å². The number of amides is 1. The summed E-state index contributed by atoms with van der Waals surface area (Å²) in [5, 5.41) is 0. The van der Waals surface area contributed by atoms with E-state index in [1.54, 1.807) is 0 Å². The number of hydrogen-bond donors (Lipinski definition) is 0. The van der Waals surface area contributed by atoms with Gasteiger partial charge in [-0.3, -0.25) is 0 Å². The highest BCUT2D eigenvalue weighted by Gasteiger charge is 2.25. The number of hydrogen-bond acceptors (Lipinski definition) is 2. The third-order valence-corrected chi connectivity index (χ3v) is 0.710. The van der Waals surface area contributed by atoms with Crippen LogP contribution in [0, 0.1) is 0 Å². The Hall–Kier alpha value is -1.07. The molecular weight excluding hydrogens is 187 g/mol. The van der Waals surface area contributed by atoms with Gasteiger partial charge in [0.15, 0.2) is 0 Å².